The van der Waals surface area contributed by atoms with Crippen molar-refractivity contribution in [2.24, 2.45) is 5.92 Å². The Hall–Kier alpha value is -1.67. The number of hydrogen-bond donors (Lipinski definition) is 2. The zero-order valence-electron chi connectivity index (χ0n) is 16.5. The Morgan fingerprint density at radius 1 is 1.19 bits per heavy atom. The molecule has 2 saturated heterocycles. The van der Waals surface area contributed by atoms with Crippen LogP contribution in [0.1, 0.15) is 39.0 Å². The summed E-state index contributed by atoms with van der Waals surface area (Å²) in [5.74, 6) is 3.28. The minimum absolute atomic E-state index is 0.558. The van der Waals surface area contributed by atoms with E-state index in [0.717, 1.165) is 50.8 Å². The summed E-state index contributed by atoms with van der Waals surface area (Å²) in [4.78, 5) is 14.2. The Balaban J connectivity index is 1.72. The number of aromatic nitrogens is 2. The summed E-state index contributed by atoms with van der Waals surface area (Å²) in [6.07, 6.45) is 5.86. The van der Waals surface area contributed by atoms with Crippen LogP contribution in [-0.4, -0.2) is 61.5 Å². The normalized spacial score (nSPS) is 20.0. The van der Waals surface area contributed by atoms with Crippen molar-refractivity contribution in [3.8, 4) is 0 Å². The lowest BCUT2D eigenvalue weighted by molar-refractivity contribution is 0.196. The van der Waals surface area contributed by atoms with Gasteiger partial charge in [0, 0.05) is 52.5 Å². The third-order valence-corrected chi connectivity index (χ3v) is 5.39. The summed E-state index contributed by atoms with van der Waals surface area (Å²) in [6, 6.07) is 2.14. The second-order valence-corrected chi connectivity index (χ2v) is 7.93. The van der Waals surface area contributed by atoms with Gasteiger partial charge in [-0.15, -0.1) is 0 Å². The fraction of sp³-hybridized carbons (Fsp3) is 0.737. The molecule has 0 amide bonds. The van der Waals surface area contributed by atoms with Crippen molar-refractivity contribution in [2.45, 2.75) is 39.0 Å². The molecule has 0 bridgehead atoms. The average molecular weight is 393 g/mol. The quantitative estimate of drug-likeness (QED) is 0.542. The molecule has 2 aliphatic rings. The van der Waals surface area contributed by atoms with Gasteiger partial charge >= 0.3 is 0 Å². The summed E-state index contributed by atoms with van der Waals surface area (Å²) in [7, 11) is 1.71. The second kappa shape index (κ2) is 10.0. The molecule has 1 aromatic heterocycles. The molecular weight excluding hydrogens is 360 g/mol. The first-order chi connectivity index (χ1) is 13.2. The highest BCUT2D eigenvalue weighted by molar-refractivity contribution is 7.80. The van der Waals surface area contributed by atoms with Gasteiger partial charge in [-0.3, -0.25) is 0 Å². The summed E-state index contributed by atoms with van der Waals surface area (Å²) in [6.45, 7) is 8.02. The van der Waals surface area contributed by atoms with Gasteiger partial charge in [0.25, 0.3) is 0 Å². The number of ether oxygens (including phenoxy) is 1. The van der Waals surface area contributed by atoms with Crippen LogP contribution in [-0.2, 0) is 4.74 Å². The van der Waals surface area contributed by atoms with E-state index in [9.17, 15) is 0 Å². The SMILES string of the molecule is COCCCNC(=S)Nc1nc(N2CCCC2)cc(N2CCCC(C)C2)n1. The van der Waals surface area contributed by atoms with E-state index in [2.05, 4.69) is 33.4 Å². The van der Waals surface area contributed by atoms with Gasteiger partial charge in [-0.1, -0.05) is 6.92 Å². The number of anilines is 3. The maximum Gasteiger partial charge on any atom is 0.232 e. The van der Waals surface area contributed by atoms with Gasteiger partial charge in [-0.2, -0.15) is 9.97 Å². The molecule has 27 heavy (non-hydrogen) atoms. The Morgan fingerprint density at radius 3 is 2.59 bits per heavy atom. The van der Waals surface area contributed by atoms with Crippen molar-refractivity contribution >= 4 is 34.9 Å². The third-order valence-electron chi connectivity index (χ3n) is 5.15. The maximum atomic E-state index is 5.41. The molecule has 1 atom stereocenters. The molecule has 0 aromatic carbocycles. The molecule has 1 unspecified atom stereocenters. The van der Waals surface area contributed by atoms with Gasteiger partial charge in [0.1, 0.15) is 11.6 Å². The number of methoxy groups -OCH3 is 1. The molecule has 2 aliphatic heterocycles. The lowest BCUT2D eigenvalue weighted by atomic mass is 10.0. The monoisotopic (exact) mass is 392 g/mol. The Morgan fingerprint density at radius 2 is 1.89 bits per heavy atom. The zero-order chi connectivity index (χ0) is 19.1. The van der Waals surface area contributed by atoms with Crippen LogP contribution >= 0.6 is 12.2 Å². The first-order valence-corrected chi connectivity index (χ1v) is 10.5. The fourth-order valence-electron chi connectivity index (χ4n) is 3.71. The number of nitrogens with zero attached hydrogens (tertiary/aromatic N) is 4. The smallest absolute Gasteiger partial charge is 0.232 e. The van der Waals surface area contributed by atoms with Crippen LogP contribution in [0.2, 0.25) is 0 Å². The lowest BCUT2D eigenvalue weighted by Crippen LogP contribution is -2.36. The van der Waals surface area contributed by atoms with Gasteiger partial charge < -0.3 is 25.2 Å². The van der Waals surface area contributed by atoms with Crippen molar-refractivity contribution in [1.29, 1.82) is 0 Å². The number of rotatable bonds is 7. The third kappa shape index (κ3) is 5.90. The van der Waals surface area contributed by atoms with Gasteiger partial charge in [0.2, 0.25) is 5.95 Å². The molecule has 0 aliphatic carbocycles. The molecule has 3 heterocycles. The predicted octanol–water partition coefficient (Wildman–Crippen LogP) is 2.64. The summed E-state index contributed by atoms with van der Waals surface area (Å²) in [5.41, 5.74) is 0. The molecule has 0 radical (unpaired) electrons. The van der Waals surface area contributed by atoms with E-state index in [1.54, 1.807) is 7.11 Å². The van der Waals surface area contributed by atoms with Crippen LogP contribution in [0.15, 0.2) is 6.07 Å². The van der Waals surface area contributed by atoms with Crippen LogP contribution in [0.4, 0.5) is 17.6 Å². The van der Waals surface area contributed by atoms with E-state index in [0.29, 0.717) is 23.6 Å². The van der Waals surface area contributed by atoms with Crippen molar-refractivity contribution in [1.82, 2.24) is 15.3 Å². The topological polar surface area (TPSA) is 65.6 Å². The first-order valence-electron chi connectivity index (χ1n) is 10.1. The van der Waals surface area contributed by atoms with Gasteiger partial charge in [-0.25, -0.2) is 0 Å². The number of thiocarbonyl (C=S) groups is 1. The maximum absolute atomic E-state index is 5.41. The highest BCUT2D eigenvalue weighted by Gasteiger charge is 2.21. The van der Waals surface area contributed by atoms with E-state index in [1.807, 2.05) is 0 Å². The average Bonchev–Trinajstić information content (AvgIpc) is 3.20. The molecule has 2 fully saturated rings. The Labute approximate surface area is 167 Å². The minimum atomic E-state index is 0.558. The molecule has 0 spiro atoms. The van der Waals surface area contributed by atoms with Crippen LogP contribution < -0.4 is 20.4 Å². The predicted molar refractivity (Wildman–Crippen MR) is 115 cm³/mol. The molecule has 1 aromatic rings. The van der Waals surface area contributed by atoms with Crippen molar-refractivity contribution in [3.05, 3.63) is 6.07 Å². The lowest BCUT2D eigenvalue weighted by Gasteiger charge is -2.32. The van der Waals surface area contributed by atoms with Crippen LogP contribution in [0, 0.1) is 5.92 Å². The van der Waals surface area contributed by atoms with Crippen LogP contribution in [0.25, 0.3) is 0 Å². The summed E-state index contributed by atoms with van der Waals surface area (Å²) >= 11 is 5.41. The fourth-order valence-corrected chi connectivity index (χ4v) is 3.90. The zero-order valence-corrected chi connectivity index (χ0v) is 17.4. The van der Waals surface area contributed by atoms with Crippen molar-refractivity contribution in [2.75, 3.05) is 61.6 Å². The first kappa shape index (κ1) is 20.1. The Bertz CT molecular complexity index is 622. The molecule has 8 heteroatoms. The standard InChI is InChI=1S/C19H32N6OS/c1-15-7-5-11-25(14-15)17-13-16(24-9-3-4-10-24)21-18(22-17)23-19(27)20-8-6-12-26-2/h13,15H,3-12,14H2,1-2H3,(H2,20,21,22,23,27). The van der Waals surface area contributed by atoms with E-state index >= 15 is 0 Å². The molecule has 0 saturated carbocycles. The van der Waals surface area contributed by atoms with Gasteiger partial charge in [0.15, 0.2) is 5.11 Å². The number of hydrogen-bond acceptors (Lipinski definition) is 6. The molecule has 2 N–H and O–H groups in total. The van der Waals surface area contributed by atoms with Crippen molar-refractivity contribution in [3.63, 3.8) is 0 Å². The molecule has 3 rings (SSSR count). The van der Waals surface area contributed by atoms with E-state index < -0.39 is 0 Å². The minimum Gasteiger partial charge on any atom is -0.385 e. The van der Waals surface area contributed by atoms with Crippen molar-refractivity contribution < 1.29 is 4.74 Å². The second-order valence-electron chi connectivity index (χ2n) is 7.52. The summed E-state index contributed by atoms with van der Waals surface area (Å²) in [5, 5.41) is 6.93. The van der Waals surface area contributed by atoms with Gasteiger partial charge in [-0.05, 0) is 50.2 Å². The van der Waals surface area contributed by atoms with E-state index in [-0.39, 0.29) is 0 Å². The Kier molecular flexibility index (Phi) is 7.46. The largest absolute Gasteiger partial charge is 0.385 e. The van der Waals surface area contributed by atoms with Crippen LogP contribution in [0.5, 0.6) is 0 Å². The highest BCUT2D eigenvalue weighted by Crippen LogP contribution is 2.27. The molecular formula is C19H32N6OS. The van der Waals surface area contributed by atoms with Crippen LogP contribution in [0.3, 0.4) is 0 Å². The summed E-state index contributed by atoms with van der Waals surface area (Å²) < 4.78 is 5.07. The molecule has 150 valence electrons. The number of piperidine rings is 1. The van der Waals surface area contributed by atoms with Gasteiger partial charge in [0.05, 0.1) is 0 Å². The molecule has 7 nitrogen and oxygen atoms in total. The van der Waals surface area contributed by atoms with E-state index in [1.165, 1.54) is 25.7 Å². The highest BCUT2D eigenvalue weighted by atomic mass is 32.1. The number of nitrogens with one attached hydrogen (secondary N) is 2. The van der Waals surface area contributed by atoms with E-state index in [4.69, 9.17) is 26.9 Å².